The second-order valence-electron chi connectivity index (χ2n) is 8.04. The lowest BCUT2D eigenvalue weighted by atomic mass is 10.1. The van der Waals surface area contributed by atoms with Crippen molar-refractivity contribution in [2.24, 2.45) is 0 Å². The Balaban J connectivity index is 1.88. The summed E-state index contributed by atoms with van der Waals surface area (Å²) in [5.41, 5.74) is 1.90. The second-order valence-corrected chi connectivity index (χ2v) is 8.04. The van der Waals surface area contributed by atoms with Crippen molar-refractivity contribution in [3.8, 4) is 11.8 Å². The number of hydrogen-bond acceptors (Lipinski definition) is 5. The zero-order valence-corrected chi connectivity index (χ0v) is 18.1. The molecule has 0 fully saturated rings. The summed E-state index contributed by atoms with van der Waals surface area (Å²) >= 11 is 0. The Hall–Kier alpha value is -3.79. The SMILES string of the molecule is COc1ccc2c(c1)N(C(=O)C=Cc1ccc(C#N)cc1)CCN2C(=O)OC(C)(C)C. The van der Waals surface area contributed by atoms with E-state index in [2.05, 4.69) is 6.07 Å². The maximum Gasteiger partial charge on any atom is 0.414 e. The standard InChI is InChI=1S/C24H25N3O4/c1-24(2,3)31-23(29)27-14-13-26(21-15-19(30-4)10-11-20(21)27)22(28)12-9-17-5-7-18(16-25)8-6-17/h5-12,15H,13-14H2,1-4H3. The highest BCUT2D eigenvalue weighted by Crippen LogP contribution is 2.37. The number of rotatable bonds is 3. The highest BCUT2D eigenvalue weighted by Gasteiger charge is 2.32. The van der Waals surface area contributed by atoms with Gasteiger partial charge in [-0.05, 0) is 56.7 Å². The van der Waals surface area contributed by atoms with Crippen molar-refractivity contribution in [3.05, 3.63) is 59.7 Å². The van der Waals surface area contributed by atoms with Crippen molar-refractivity contribution in [2.75, 3.05) is 30.0 Å². The smallest absolute Gasteiger partial charge is 0.414 e. The van der Waals surface area contributed by atoms with Crippen LogP contribution in [0.3, 0.4) is 0 Å². The van der Waals surface area contributed by atoms with E-state index in [1.807, 2.05) is 20.8 Å². The Morgan fingerprint density at radius 2 is 1.71 bits per heavy atom. The van der Waals surface area contributed by atoms with E-state index in [1.54, 1.807) is 60.6 Å². The number of anilines is 2. The zero-order valence-electron chi connectivity index (χ0n) is 18.1. The van der Waals surface area contributed by atoms with E-state index >= 15 is 0 Å². The number of carbonyl (C=O) groups excluding carboxylic acids is 2. The average molecular weight is 419 g/mol. The van der Waals surface area contributed by atoms with E-state index in [0.717, 1.165) is 5.56 Å². The maximum atomic E-state index is 13.0. The molecule has 1 heterocycles. The molecular weight excluding hydrogens is 394 g/mol. The van der Waals surface area contributed by atoms with Crippen LogP contribution in [0.15, 0.2) is 48.5 Å². The van der Waals surface area contributed by atoms with Crippen molar-refractivity contribution < 1.29 is 19.1 Å². The van der Waals surface area contributed by atoms with E-state index in [4.69, 9.17) is 14.7 Å². The van der Waals surface area contributed by atoms with Crippen LogP contribution in [-0.2, 0) is 9.53 Å². The molecule has 7 heteroatoms. The fourth-order valence-electron chi connectivity index (χ4n) is 3.18. The van der Waals surface area contributed by atoms with E-state index in [9.17, 15) is 9.59 Å². The summed E-state index contributed by atoms with van der Waals surface area (Å²) in [6.45, 7) is 6.06. The van der Waals surface area contributed by atoms with E-state index in [-0.39, 0.29) is 5.91 Å². The molecule has 0 bridgehead atoms. The van der Waals surface area contributed by atoms with Crippen LogP contribution in [0.4, 0.5) is 16.2 Å². The summed E-state index contributed by atoms with van der Waals surface area (Å²) in [5, 5.41) is 8.90. The molecule has 1 aliphatic rings. The van der Waals surface area contributed by atoms with Gasteiger partial charge in [-0.25, -0.2) is 4.79 Å². The Kier molecular flexibility index (Phi) is 6.30. The molecule has 160 valence electrons. The molecule has 31 heavy (non-hydrogen) atoms. The van der Waals surface area contributed by atoms with Crippen molar-refractivity contribution in [3.63, 3.8) is 0 Å². The van der Waals surface area contributed by atoms with Gasteiger partial charge in [0.05, 0.1) is 30.1 Å². The van der Waals surface area contributed by atoms with Crippen molar-refractivity contribution in [1.82, 2.24) is 0 Å². The predicted molar refractivity (Wildman–Crippen MR) is 119 cm³/mol. The first-order valence-electron chi connectivity index (χ1n) is 9.90. The molecule has 0 aromatic heterocycles. The minimum Gasteiger partial charge on any atom is -0.497 e. The lowest BCUT2D eigenvalue weighted by Gasteiger charge is -2.37. The van der Waals surface area contributed by atoms with Gasteiger partial charge < -0.3 is 14.4 Å². The van der Waals surface area contributed by atoms with Gasteiger partial charge in [-0.3, -0.25) is 9.69 Å². The Labute approximate surface area is 182 Å². The summed E-state index contributed by atoms with van der Waals surface area (Å²) in [5.74, 6) is 0.362. The molecular formula is C24H25N3O4. The van der Waals surface area contributed by atoms with Gasteiger partial charge in [0.15, 0.2) is 0 Å². The van der Waals surface area contributed by atoms with Gasteiger partial charge >= 0.3 is 6.09 Å². The van der Waals surface area contributed by atoms with Crippen LogP contribution < -0.4 is 14.5 Å². The molecule has 0 saturated carbocycles. The largest absolute Gasteiger partial charge is 0.497 e. The Bertz CT molecular complexity index is 1050. The molecule has 0 atom stereocenters. The van der Waals surface area contributed by atoms with Crippen LogP contribution in [0.25, 0.3) is 6.08 Å². The third-order valence-corrected chi connectivity index (χ3v) is 4.65. The van der Waals surface area contributed by atoms with Crippen LogP contribution in [0.2, 0.25) is 0 Å². The molecule has 2 aromatic carbocycles. The van der Waals surface area contributed by atoms with E-state index in [1.165, 1.54) is 11.0 Å². The average Bonchev–Trinajstić information content (AvgIpc) is 2.75. The lowest BCUT2D eigenvalue weighted by molar-refractivity contribution is -0.114. The van der Waals surface area contributed by atoms with Gasteiger partial charge in [0.1, 0.15) is 11.4 Å². The van der Waals surface area contributed by atoms with Gasteiger partial charge in [0.2, 0.25) is 0 Å². The number of hydrogen-bond donors (Lipinski definition) is 0. The third-order valence-electron chi connectivity index (χ3n) is 4.65. The second kappa shape index (κ2) is 8.92. The molecule has 7 nitrogen and oxygen atoms in total. The first-order valence-corrected chi connectivity index (χ1v) is 9.90. The predicted octanol–water partition coefficient (Wildman–Crippen LogP) is 4.37. The number of fused-ring (bicyclic) bond motifs is 1. The molecule has 3 rings (SSSR count). The lowest BCUT2D eigenvalue weighted by Crippen LogP contribution is -2.47. The topological polar surface area (TPSA) is 82.9 Å². The molecule has 1 aliphatic heterocycles. The number of carbonyl (C=O) groups is 2. The zero-order chi connectivity index (χ0) is 22.6. The van der Waals surface area contributed by atoms with Gasteiger partial charge in [0.25, 0.3) is 5.91 Å². The van der Waals surface area contributed by atoms with Gasteiger partial charge in [-0.1, -0.05) is 12.1 Å². The molecule has 0 aliphatic carbocycles. The van der Waals surface area contributed by atoms with E-state index in [0.29, 0.717) is 35.8 Å². The normalized spacial score (nSPS) is 13.5. The number of methoxy groups -OCH3 is 1. The van der Waals surface area contributed by atoms with Gasteiger partial charge in [0, 0.05) is 25.2 Å². The van der Waals surface area contributed by atoms with Crippen LogP contribution in [0.5, 0.6) is 5.75 Å². The fourth-order valence-corrected chi connectivity index (χ4v) is 3.18. The number of benzene rings is 2. The van der Waals surface area contributed by atoms with Crippen molar-refractivity contribution in [2.45, 2.75) is 26.4 Å². The highest BCUT2D eigenvalue weighted by molar-refractivity contribution is 6.08. The Morgan fingerprint density at radius 1 is 1.03 bits per heavy atom. The van der Waals surface area contributed by atoms with Crippen LogP contribution in [0.1, 0.15) is 31.9 Å². The van der Waals surface area contributed by atoms with Crippen LogP contribution in [-0.4, -0.2) is 37.8 Å². The number of ether oxygens (including phenoxy) is 2. The van der Waals surface area contributed by atoms with Crippen molar-refractivity contribution in [1.29, 1.82) is 5.26 Å². The summed E-state index contributed by atoms with van der Waals surface area (Å²) < 4.78 is 10.8. The molecule has 0 radical (unpaired) electrons. The Morgan fingerprint density at radius 3 is 2.32 bits per heavy atom. The quantitative estimate of drug-likeness (QED) is 0.690. The summed E-state index contributed by atoms with van der Waals surface area (Å²) in [7, 11) is 1.55. The fraction of sp³-hybridized carbons (Fsp3) is 0.292. The van der Waals surface area contributed by atoms with E-state index < -0.39 is 11.7 Å². The minimum atomic E-state index is -0.625. The molecule has 2 aromatic rings. The molecule has 2 amide bonds. The van der Waals surface area contributed by atoms with Gasteiger partial charge in [-0.2, -0.15) is 5.26 Å². The highest BCUT2D eigenvalue weighted by atomic mass is 16.6. The molecule has 0 spiro atoms. The van der Waals surface area contributed by atoms with Crippen LogP contribution in [0, 0.1) is 11.3 Å². The number of nitriles is 1. The van der Waals surface area contributed by atoms with Crippen LogP contribution >= 0.6 is 0 Å². The van der Waals surface area contributed by atoms with Crippen molar-refractivity contribution >= 4 is 29.5 Å². The molecule has 0 saturated heterocycles. The monoisotopic (exact) mass is 419 g/mol. The first-order chi connectivity index (χ1) is 14.7. The number of amides is 2. The minimum absolute atomic E-state index is 0.220. The molecule has 0 N–H and O–H groups in total. The maximum absolute atomic E-state index is 13.0. The van der Waals surface area contributed by atoms with Gasteiger partial charge in [-0.15, -0.1) is 0 Å². The summed E-state index contributed by atoms with van der Waals surface area (Å²) in [6.07, 6.45) is 2.72. The third kappa shape index (κ3) is 5.23. The summed E-state index contributed by atoms with van der Waals surface area (Å²) in [6, 6.07) is 14.3. The first kappa shape index (κ1) is 21.9. The number of nitrogens with zero attached hydrogens (tertiary/aromatic N) is 3. The summed E-state index contributed by atoms with van der Waals surface area (Å²) in [4.78, 5) is 28.8. The molecule has 0 unspecified atom stereocenters.